The average molecular weight is 406 g/mol. The van der Waals surface area contributed by atoms with E-state index < -0.39 is 0 Å². The average Bonchev–Trinajstić information content (AvgIpc) is 3.07. The Labute approximate surface area is 176 Å². The fourth-order valence-electron chi connectivity index (χ4n) is 3.83. The smallest absolute Gasteiger partial charge is 0.251 e. The van der Waals surface area contributed by atoms with E-state index in [1.165, 1.54) is 11.3 Å². The van der Waals surface area contributed by atoms with Crippen LogP contribution in [0, 0.1) is 13.8 Å². The number of hydrogen-bond acceptors (Lipinski definition) is 4. The predicted molar refractivity (Wildman–Crippen MR) is 115 cm³/mol. The largest absolute Gasteiger partial charge is 0.343 e. The maximum atomic E-state index is 12.5. The summed E-state index contributed by atoms with van der Waals surface area (Å²) < 4.78 is 2.15. The number of fused-ring (bicyclic) bond motifs is 1. The van der Waals surface area contributed by atoms with Gasteiger partial charge in [0.25, 0.3) is 5.91 Å². The van der Waals surface area contributed by atoms with Gasteiger partial charge >= 0.3 is 0 Å². The number of rotatable bonds is 5. The lowest BCUT2D eigenvalue weighted by atomic mass is 10.2. The standard InChI is InChI=1S/C23H27N5O2/c1-17-8-9-28-20(18(2)25-21(28)14-17)16-26-10-12-27(13-11-26)22(29)15-24-23(30)19-6-4-3-5-7-19/h3-9,14H,10-13,15-16H2,1-2H3,(H,24,30). The Morgan fingerprint density at radius 2 is 1.77 bits per heavy atom. The summed E-state index contributed by atoms with van der Waals surface area (Å²) in [4.78, 5) is 33.5. The quantitative estimate of drug-likeness (QED) is 0.705. The Hall–Kier alpha value is -3.19. The second-order valence-electron chi connectivity index (χ2n) is 7.78. The first-order valence-corrected chi connectivity index (χ1v) is 10.3. The zero-order valence-corrected chi connectivity index (χ0v) is 17.5. The van der Waals surface area contributed by atoms with Gasteiger partial charge < -0.3 is 14.6 Å². The highest BCUT2D eigenvalue weighted by atomic mass is 16.2. The molecule has 3 aromatic rings. The first-order valence-electron chi connectivity index (χ1n) is 10.3. The molecule has 30 heavy (non-hydrogen) atoms. The van der Waals surface area contributed by atoms with Crippen molar-refractivity contribution in [2.45, 2.75) is 20.4 Å². The van der Waals surface area contributed by atoms with Gasteiger partial charge in [0, 0.05) is 44.5 Å². The van der Waals surface area contributed by atoms with Crippen molar-refractivity contribution in [3.8, 4) is 0 Å². The van der Waals surface area contributed by atoms with Crippen LogP contribution in [0.2, 0.25) is 0 Å². The van der Waals surface area contributed by atoms with Gasteiger partial charge in [-0.25, -0.2) is 4.98 Å². The molecule has 1 aliphatic rings. The second-order valence-corrected chi connectivity index (χ2v) is 7.78. The Balaban J connectivity index is 1.29. The van der Waals surface area contributed by atoms with E-state index in [1.54, 1.807) is 12.1 Å². The number of aromatic nitrogens is 2. The van der Waals surface area contributed by atoms with Gasteiger partial charge in [0.15, 0.2) is 0 Å². The number of carbonyl (C=O) groups is 2. The molecule has 0 aliphatic carbocycles. The number of carbonyl (C=O) groups excluding carboxylic acids is 2. The topological polar surface area (TPSA) is 70.0 Å². The van der Waals surface area contributed by atoms with Crippen LogP contribution in [0.15, 0.2) is 48.7 Å². The predicted octanol–water partition coefficient (Wildman–Crippen LogP) is 2.03. The second kappa shape index (κ2) is 8.67. The highest BCUT2D eigenvalue weighted by molar-refractivity contribution is 5.96. The molecular weight excluding hydrogens is 378 g/mol. The van der Waals surface area contributed by atoms with Crippen LogP contribution in [0.1, 0.15) is 27.3 Å². The van der Waals surface area contributed by atoms with Crippen molar-refractivity contribution >= 4 is 17.5 Å². The maximum absolute atomic E-state index is 12.5. The third-order valence-corrected chi connectivity index (χ3v) is 5.62. The number of nitrogens with one attached hydrogen (secondary N) is 1. The number of amides is 2. The first kappa shape index (κ1) is 20.1. The van der Waals surface area contributed by atoms with E-state index in [0.29, 0.717) is 18.7 Å². The molecular formula is C23H27N5O2. The lowest BCUT2D eigenvalue weighted by Crippen LogP contribution is -2.51. The third kappa shape index (κ3) is 4.36. The summed E-state index contributed by atoms with van der Waals surface area (Å²) in [6.07, 6.45) is 2.08. The normalized spacial score (nSPS) is 14.8. The van der Waals surface area contributed by atoms with Crippen molar-refractivity contribution in [2.24, 2.45) is 0 Å². The summed E-state index contributed by atoms with van der Waals surface area (Å²) in [6, 6.07) is 13.1. The number of pyridine rings is 1. The van der Waals surface area contributed by atoms with Crippen molar-refractivity contribution in [2.75, 3.05) is 32.7 Å². The van der Waals surface area contributed by atoms with E-state index in [9.17, 15) is 9.59 Å². The summed E-state index contributed by atoms with van der Waals surface area (Å²) in [5.41, 5.74) is 4.98. The van der Waals surface area contributed by atoms with Gasteiger partial charge in [-0.15, -0.1) is 0 Å². The summed E-state index contributed by atoms with van der Waals surface area (Å²) in [7, 11) is 0. The highest BCUT2D eigenvalue weighted by Gasteiger charge is 2.23. The molecule has 1 fully saturated rings. The first-order chi connectivity index (χ1) is 14.5. The lowest BCUT2D eigenvalue weighted by Gasteiger charge is -2.34. The molecule has 1 aromatic carbocycles. The molecule has 1 N–H and O–H groups in total. The van der Waals surface area contributed by atoms with Crippen molar-refractivity contribution < 1.29 is 9.59 Å². The van der Waals surface area contributed by atoms with Crippen molar-refractivity contribution in [1.29, 1.82) is 0 Å². The number of nitrogens with zero attached hydrogens (tertiary/aromatic N) is 4. The van der Waals surface area contributed by atoms with E-state index >= 15 is 0 Å². The van der Waals surface area contributed by atoms with Crippen molar-refractivity contribution in [3.05, 3.63) is 71.2 Å². The van der Waals surface area contributed by atoms with Crippen LogP contribution in [-0.2, 0) is 11.3 Å². The van der Waals surface area contributed by atoms with Gasteiger partial charge in [0.2, 0.25) is 5.91 Å². The van der Waals surface area contributed by atoms with Crippen LogP contribution >= 0.6 is 0 Å². The van der Waals surface area contributed by atoms with Crippen molar-refractivity contribution in [1.82, 2.24) is 24.5 Å². The summed E-state index contributed by atoms with van der Waals surface area (Å²) >= 11 is 0. The zero-order chi connectivity index (χ0) is 21.1. The molecule has 2 amide bonds. The Morgan fingerprint density at radius 1 is 1.03 bits per heavy atom. The number of aryl methyl sites for hydroxylation is 2. The molecule has 7 heteroatoms. The van der Waals surface area contributed by atoms with Crippen LogP contribution < -0.4 is 5.32 Å². The van der Waals surface area contributed by atoms with Crippen LogP contribution in [-0.4, -0.2) is 63.7 Å². The summed E-state index contributed by atoms with van der Waals surface area (Å²) in [5.74, 6) is -0.263. The number of piperazine rings is 1. The van der Waals surface area contributed by atoms with Gasteiger partial charge in [0.1, 0.15) is 5.65 Å². The minimum atomic E-state index is -0.221. The molecule has 3 heterocycles. The number of hydrogen-bond donors (Lipinski definition) is 1. The molecule has 4 rings (SSSR count). The lowest BCUT2D eigenvalue weighted by molar-refractivity contribution is -0.131. The molecule has 0 bridgehead atoms. The van der Waals surface area contributed by atoms with Gasteiger partial charge in [-0.05, 0) is 43.7 Å². The van der Waals surface area contributed by atoms with Gasteiger partial charge in [-0.2, -0.15) is 0 Å². The molecule has 0 atom stereocenters. The molecule has 156 valence electrons. The third-order valence-electron chi connectivity index (χ3n) is 5.62. The van der Waals surface area contributed by atoms with Gasteiger partial charge in [-0.3, -0.25) is 14.5 Å². The fraction of sp³-hybridized carbons (Fsp3) is 0.348. The number of imidazole rings is 1. The molecule has 1 aliphatic heterocycles. The molecule has 1 saturated heterocycles. The Morgan fingerprint density at radius 3 is 2.50 bits per heavy atom. The van der Waals surface area contributed by atoms with Crippen LogP contribution in [0.25, 0.3) is 5.65 Å². The number of benzene rings is 1. The van der Waals surface area contributed by atoms with E-state index in [0.717, 1.165) is 31.0 Å². The highest BCUT2D eigenvalue weighted by Crippen LogP contribution is 2.16. The fourth-order valence-corrected chi connectivity index (χ4v) is 3.83. The maximum Gasteiger partial charge on any atom is 0.251 e. The van der Waals surface area contributed by atoms with Crippen molar-refractivity contribution in [3.63, 3.8) is 0 Å². The van der Waals surface area contributed by atoms with Crippen LogP contribution in [0.5, 0.6) is 0 Å². The zero-order valence-electron chi connectivity index (χ0n) is 17.5. The van der Waals surface area contributed by atoms with Gasteiger partial charge in [0.05, 0.1) is 17.9 Å². The van der Waals surface area contributed by atoms with Gasteiger partial charge in [-0.1, -0.05) is 18.2 Å². The van der Waals surface area contributed by atoms with Crippen LogP contribution in [0.4, 0.5) is 0 Å². The summed E-state index contributed by atoms with van der Waals surface area (Å²) in [6.45, 7) is 7.88. The minimum absolute atomic E-state index is 0.0272. The van der Waals surface area contributed by atoms with E-state index in [1.807, 2.05) is 30.0 Å². The molecule has 0 saturated carbocycles. The van der Waals surface area contributed by atoms with E-state index in [-0.39, 0.29) is 18.4 Å². The molecule has 2 aromatic heterocycles. The molecule has 0 radical (unpaired) electrons. The summed E-state index contributed by atoms with van der Waals surface area (Å²) in [5, 5.41) is 2.72. The minimum Gasteiger partial charge on any atom is -0.343 e. The molecule has 0 spiro atoms. The SMILES string of the molecule is Cc1ccn2c(CN3CCN(C(=O)CNC(=O)c4ccccc4)CC3)c(C)nc2c1. The Kier molecular flexibility index (Phi) is 5.81. The molecule has 7 nitrogen and oxygen atoms in total. The Bertz CT molecular complexity index is 1050. The van der Waals surface area contributed by atoms with E-state index in [4.69, 9.17) is 0 Å². The van der Waals surface area contributed by atoms with E-state index in [2.05, 4.69) is 44.9 Å². The van der Waals surface area contributed by atoms with Crippen LogP contribution in [0.3, 0.4) is 0 Å². The molecule has 0 unspecified atom stereocenters. The monoisotopic (exact) mass is 405 g/mol.